The molecule has 0 radical (unpaired) electrons. The second-order valence-electron chi connectivity index (χ2n) is 8.83. The fourth-order valence-corrected chi connectivity index (χ4v) is 4.55. The molecule has 9 heteroatoms. The van der Waals surface area contributed by atoms with Crippen molar-refractivity contribution in [1.82, 2.24) is 9.88 Å². The summed E-state index contributed by atoms with van der Waals surface area (Å²) in [5, 5.41) is 22.0. The van der Waals surface area contributed by atoms with E-state index in [1.165, 1.54) is 0 Å². The number of nitrogens with one attached hydrogen (secondary N) is 1. The molecule has 0 spiro atoms. The standard InChI is InChI=1S/C26H25N3O5.C2H5Cl/c1-28(15-25(31)32)10-11-34-17-6-7-21-16(12-17)13-22(27-21)26(33)29-9-8-19-18-4-2-3-5-20(18)24(30)14-23(19)29;1-2-3/h2-7,12-14,27,30H,8-11,15H2,1H3,(H,31,32);2H2,1H3. The first-order valence-electron chi connectivity index (χ1n) is 12.1. The van der Waals surface area contributed by atoms with Gasteiger partial charge in [-0.2, -0.15) is 0 Å². The van der Waals surface area contributed by atoms with E-state index in [0.29, 0.717) is 31.1 Å². The molecule has 5 rings (SSSR count). The largest absolute Gasteiger partial charge is 0.507 e. The smallest absolute Gasteiger partial charge is 0.317 e. The number of phenols is 1. The van der Waals surface area contributed by atoms with Gasteiger partial charge >= 0.3 is 5.97 Å². The lowest BCUT2D eigenvalue weighted by molar-refractivity contribution is -0.138. The molecule has 0 saturated carbocycles. The van der Waals surface area contributed by atoms with E-state index in [0.717, 1.165) is 45.2 Å². The van der Waals surface area contributed by atoms with Gasteiger partial charge < -0.3 is 24.8 Å². The van der Waals surface area contributed by atoms with E-state index < -0.39 is 5.97 Å². The lowest BCUT2D eigenvalue weighted by atomic mass is 10.0. The molecule has 8 nitrogen and oxygen atoms in total. The van der Waals surface area contributed by atoms with Crippen molar-refractivity contribution in [2.75, 3.05) is 44.1 Å². The molecular weight excluding hydrogens is 494 g/mol. The Hall–Kier alpha value is -3.75. The highest BCUT2D eigenvalue weighted by Crippen LogP contribution is 2.40. The van der Waals surface area contributed by atoms with Gasteiger partial charge in [0.05, 0.1) is 12.2 Å². The number of nitrogens with zero attached hydrogens (tertiary/aromatic N) is 2. The number of aromatic hydroxyl groups is 1. The SMILES string of the molecule is CCCl.CN(CCOc1ccc2[nH]c(C(=O)N3CCc4c3cc(O)c3ccccc43)cc2c1)CC(=O)O. The highest BCUT2D eigenvalue weighted by molar-refractivity contribution is 6.17. The van der Waals surface area contributed by atoms with Crippen LogP contribution in [0.3, 0.4) is 0 Å². The number of rotatable bonds is 7. The third-order valence-corrected chi connectivity index (χ3v) is 6.20. The van der Waals surface area contributed by atoms with Crippen LogP contribution in [0, 0.1) is 0 Å². The molecule has 1 aliphatic rings. The third-order valence-electron chi connectivity index (χ3n) is 6.20. The van der Waals surface area contributed by atoms with Gasteiger partial charge in [-0.05, 0) is 48.7 Å². The average Bonchev–Trinajstić information content (AvgIpc) is 3.48. The van der Waals surface area contributed by atoms with Gasteiger partial charge in [-0.1, -0.05) is 31.2 Å². The molecular formula is C28H30ClN3O5. The fourth-order valence-electron chi connectivity index (χ4n) is 4.55. The highest BCUT2D eigenvalue weighted by Gasteiger charge is 2.29. The van der Waals surface area contributed by atoms with Gasteiger partial charge in [0.25, 0.3) is 5.91 Å². The van der Waals surface area contributed by atoms with Crippen molar-refractivity contribution in [2.24, 2.45) is 0 Å². The maximum atomic E-state index is 13.4. The summed E-state index contributed by atoms with van der Waals surface area (Å²) in [7, 11) is 1.73. The fraction of sp³-hybridized carbons (Fsp3) is 0.286. The van der Waals surface area contributed by atoms with Crippen LogP contribution in [0.15, 0.2) is 54.6 Å². The third kappa shape index (κ3) is 5.81. The minimum atomic E-state index is -0.877. The van der Waals surface area contributed by atoms with Gasteiger partial charge in [0.1, 0.15) is 23.8 Å². The summed E-state index contributed by atoms with van der Waals surface area (Å²) in [5.41, 5.74) is 3.10. The van der Waals surface area contributed by atoms with E-state index >= 15 is 0 Å². The Bertz CT molecular complexity index is 1430. The Morgan fingerprint density at radius 3 is 2.59 bits per heavy atom. The number of alkyl halides is 1. The van der Waals surface area contributed by atoms with Crippen molar-refractivity contribution in [3.63, 3.8) is 0 Å². The van der Waals surface area contributed by atoms with E-state index in [-0.39, 0.29) is 18.2 Å². The number of hydrogen-bond acceptors (Lipinski definition) is 5. The zero-order valence-electron chi connectivity index (χ0n) is 20.8. The second kappa shape index (κ2) is 11.5. The highest BCUT2D eigenvalue weighted by atomic mass is 35.5. The number of hydrogen-bond donors (Lipinski definition) is 3. The maximum absolute atomic E-state index is 13.4. The van der Waals surface area contributed by atoms with Crippen LogP contribution in [0.2, 0.25) is 0 Å². The first kappa shape index (κ1) is 26.3. The Morgan fingerprint density at radius 2 is 1.86 bits per heavy atom. The number of fused-ring (bicyclic) bond motifs is 4. The number of carbonyl (C=O) groups is 2. The lowest BCUT2D eigenvalue weighted by Gasteiger charge is -2.17. The second-order valence-corrected chi connectivity index (χ2v) is 9.36. The van der Waals surface area contributed by atoms with E-state index in [4.69, 9.17) is 21.4 Å². The van der Waals surface area contributed by atoms with E-state index in [1.807, 2.05) is 49.4 Å². The number of likely N-dealkylation sites (N-methyl/N-ethyl adjacent to an activating group) is 1. The number of ether oxygens (including phenoxy) is 1. The minimum absolute atomic E-state index is 0.0428. The van der Waals surface area contributed by atoms with Gasteiger partial charge in [0.2, 0.25) is 0 Å². The number of carbonyl (C=O) groups excluding carboxylic acids is 1. The predicted molar refractivity (Wildman–Crippen MR) is 146 cm³/mol. The first-order chi connectivity index (χ1) is 17.8. The average molecular weight is 524 g/mol. The van der Waals surface area contributed by atoms with Crippen LogP contribution in [0.1, 0.15) is 23.0 Å². The summed E-state index contributed by atoms with van der Waals surface area (Å²) < 4.78 is 5.76. The van der Waals surface area contributed by atoms with Crippen LogP contribution in [0.4, 0.5) is 5.69 Å². The van der Waals surface area contributed by atoms with Crippen LogP contribution in [-0.2, 0) is 11.2 Å². The molecule has 0 fully saturated rings. The molecule has 2 heterocycles. The minimum Gasteiger partial charge on any atom is -0.507 e. The van der Waals surface area contributed by atoms with Crippen molar-refractivity contribution in [2.45, 2.75) is 13.3 Å². The topological polar surface area (TPSA) is 106 Å². The number of carboxylic acids is 1. The first-order valence-corrected chi connectivity index (χ1v) is 12.6. The number of H-pyrrole nitrogens is 1. The molecule has 1 aromatic heterocycles. The molecule has 0 atom stereocenters. The van der Waals surface area contributed by atoms with Crippen LogP contribution in [-0.4, -0.2) is 71.1 Å². The summed E-state index contributed by atoms with van der Waals surface area (Å²) >= 11 is 5.00. The number of aliphatic carboxylic acids is 1. The molecule has 3 aromatic carbocycles. The van der Waals surface area contributed by atoms with Crippen molar-refractivity contribution < 1.29 is 24.5 Å². The zero-order valence-corrected chi connectivity index (χ0v) is 21.6. The number of aromatic amines is 1. The number of carboxylic acid groups (broad SMARTS) is 1. The Balaban J connectivity index is 0.00000102. The number of aromatic nitrogens is 1. The van der Waals surface area contributed by atoms with Crippen LogP contribution in [0.5, 0.6) is 11.5 Å². The monoisotopic (exact) mass is 523 g/mol. The van der Waals surface area contributed by atoms with Gasteiger partial charge in [-0.3, -0.25) is 14.5 Å². The predicted octanol–water partition coefficient (Wildman–Crippen LogP) is 4.87. The Morgan fingerprint density at radius 1 is 1.14 bits per heavy atom. The number of phenolic OH excluding ortho intramolecular Hbond substituents is 1. The van der Waals surface area contributed by atoms with Crippen molar-refractivity contribution >= 4 is 50.8 Å². The quantitative estimate of drug-likeness (QED) is 0.298. The molecule has 37 heavy (non-hydrogen) atoms. The number of amides is 1. The van der Waals surface area contributed by atoms with Gasteiger partial charge in [0, 0.05) is 41.3 Å². The van der Waals surface area contributed by atoms with E-state index in [9.17, 15) is 14.7 Å². The summed E-state index contributed by atoms with van der Waals surface area (Å²) in [6, 6.07) is 16.7. The maximum Gasteiger partial charge on any atom is 0.317 e. The molecule has 1 aliphatic heterocycles. The van der Waals surface area contributed by atoms with E-state index in [2.05, 4.69) is 4.98 Å². The summed E-state index contributed by atoms with van der Waals surface area (Å²) in [5.74, 6) is 0.512. The zero-order chi connectivity index (χ0) is 26.5. The summed E-state index contributed by atoms with van der Waals surface area (Å²) in [6.45, 7) is 3.24. The normalized spacial score (nSPS) is 12.5. The van der Waals surface area contributed by atoms with E-state index in [1.54, 1.807) is 29.0 Å². The number of benzene rings is 3. The van der Waals surface area contributed by atoms with Crippen molar-refractivity contribution in [3.8, 4) is 11.5 Å². The summed E-state index contributed by atoms with van der Waals surface area (Å²) in [4.78, 5) is 30.7. The lowest BCUT2D eigenvalue weighted by Crippen LogP contribution is -2.29. The molecule has 4 aromatic rings. The Labute approximate surface area is 220 Å². The van der Waals surface area contributed by atoms with Crippen molar-refractivity contribution in [3.05, 3.63) is 65.9 Å². The van der Waals surface area contributed by atoms with Crippen LogP contribution >= 0.6 is 11.6 Å². The molecule has 0 unspecified atom stereocenters. The van der Waals surface area contributed by atoms with Gasteiger partial charge in [0.15, 0.2) is 0 Å². The van der Waals surface area contributed by atoms with Gasteiger partial charge in [-0.15, -0.1) is 11.6 Å². The molecule has 0 bridgehead atoms. The van der Waals surface area contributed by atoms with Gasteiger partial charge in [-0.25, -0.2) is 0 Å². The summed E-state index contributed by atoms with van der Waals surface area (Å²) in [6.07, 6.45) is 0.733. The molecule has 3 N–H and O–H groups in total. The molecule has 1 amide bonds. The molecule has 0 saturated heterocycles. The molecule has 194 valence electrons. The number of halogens is 1. The molecule has 0 aliphatic carbocycles. The van der Waals surface area contributed by atoms with Crippen LogP contribution < -0.4 is 9.64 Å². The Kier molecular flexibility index (Phi) is 8.21. The number of anilines is 1. The van der Waals surface area contributed by atoms with Crippen molar-refractivity contribution in [1.29, 1.82) is 0 Å². The van der Waals surface area contributed by atoms with Crippen LogP contribution in [0.25, 0.3) is 21.7 Å².